The van der Waals surface area contributed by atoms with Gasteiger partial charge in [-0.2, -0.15) is 0 Å². The SMILES string of the molecule is CCNC(=NC)N1CCC(CN(CC)C(=O)OC(C)(C)C)CC1.I. The summed E-state index contributed by atoms with van der Waals surface area (Å²) in [5, 5.41) is 3.30. The second-order valence-electron chi connectivity index (χ2n) is 7.03. The van der Waals surface area contributed by atoms with Crippen LogP contribution in [-0.2, 0) is 4.74 Å². The first-order valence-corrected chi connectivity index (χ1v) is 8.74. The van der Waals surface area contributed by atoms with Crippen molar-refractivity contribution in [2.24, 2.45) is 10.9 Å². The van der Waals surface area contributed by atoms with Crippen molar-refractivity contribution in [3.8, 4) is 0 Å². The largest absolute Gasteiger partial charge is 0.444 e. The summed E-state index contributed by atoms with van der Waals surface area (Å²) in [6.45, 7) is 14.1. The van der Waals surface area contributed by atoms with Crippen LogP contribution >= 0.6 is 24.0 Å². The second-order valence-corrected chi connectivity index (χ2v) is 7.03. The number of ether oxygens (including phenoxy) is 1. The molecule has 0 bridgehead atoms. The Kier molecular flexibility index (Phi) is 10.7. The van der Waals surface area contributed by atoms with Crippen LogP contribution in [0.5, 0.6) is 0 Å². The van der Waals surface area contributed by atoms with Gasteiger partial charge in [-0.15, -0.1) is 24.0 Å². The van der Waals surface area contributed by atoms with Gasteiger partial charge in [-0.05, 0) is 53.4 Å². The lowest BCUT2D eigenvalue weighted by molar-refractivity contribution is 0.0214. The Bertz CT molecular complexity index is 402. The number of rotatable bonds is 4. The molecular weight excluding hydrogens is 419 g/mol. The molecule has 142 valence electrons. The molecule has 0 aromatic heterocycles. The highest BCUT2D eigenvalue weighted by molar-refractivity contribution is 14.0. The number of piperidine rings is 1. The maximum Gasteiger partial charge on any atom is 0.410 e. The zero-order valence-corrected chi connectivity index (χ0v) is 18.4. The summed E-state index contributed by atoms with van der Waals surface area (Å²) >= 11 is 0. The molecule has 0 aromatic carbocycles. The minimum Gasteiger partial charge on any atom is -0.444 e. The Balaban J connectivity index is 0.00000529. The highest BCUT2D eigenvalue weighted by atomic mass is 127. The minimum atomic E-state index is -0.438. The van der Waals surface area contributed by atoms with Crippen LogP contribution in [0.3, 0.4) is 0 Å². The first kappa shape index (κ1) is 23.3. The number of likely N-dealkylation sites (tertiary alicyclic amines) is 1. The van der Waals surface area contributed by atoms with Crippen molar-refractivity contribution in [1.29, 1.82) is 0 Å². The number of aliphatic imine (C=N–C) groups is 1. The van der Waals surface area contributed by atoms with Crippen LogP contribution in [0.25, 0.3) is 0 Å². The molecule has 0 saturated carbocycles. The maximum absolute atomic E-state index is 12.2. The van der Waals surface area contributed by atoms with Gasteiger partial charge in [0.05, 0.1) is 0 Å². The summed E-state index contributed by atoms with van der Waals surface area (Å²) in [6, 6.07) is 0. The van der Waals surface area contributed by atoms with E-state index in [2.05, 4.69) is 22.1 Å². The first-order chi connectivity index (χ1) is 10.8. The van der Waals surface area contributed by atoms with E-state index in [1.807, 2.05) is 39.6 Å². The quantitative estimate of drug-likeness (QED) is 0.403. The third kappa shape index (κ3) is 7.90. The highest BCUT2D eigenvalue weighted by Gasteiger charge is 2.26. The number of nitrogens with one attached hydrogen (secondary N) is 1. The van der Waals surface area contributed by atoms with E-state index in [0.29, 0.717) is 12.5 Å². The second kappa shape index (κ2) is 11.0. The summed E-state index contributed by atoms with van der Waals surface area (Å²) in [7, 11) is 1.82. The smallest absolute Gasteiger partial charge is 0.410 e. The lowest BCUT2D eigenvalue weighted by Gasteiger charge is -2.36. The fourth-order valence-corrected chi connectivity index (χ4v) is 2.79. The van der Waals surface area contributed by atoms with Crippen LogP contribution in [0, 0.1) is 5.92 Å². The van der Waals surface area contributed by atoms with Gasteiger partial charge in [0.25, 0.3) is 0 Å². The van der Waals surface area contributed by atoms with Crippen LogP contribution < -0.4 is 5.32 Å². The van der Waals surface area contributed by atoms with Crippen molar-refractivity contribution in [2.45, 2.75) is 53.1 Å². The fourth-order valence-electron chi connectivity index (χ4n) is 2.79. The zero-order valence-electron chi connectivity index (χ0n) is 16.1. The van der Waals surface area contributed by atoms with Gasteiger partial charge in [-0.1, -0.05) is 0 Å². The molecule has 1 heterocycles. The Labute approximate surface area is 164 Å². The Morgan fingerprint density at radius 1 is 1.29 bits per heavy atom. The lowest BCUT2D eigenvalue weighted by Crippen LogP contribution is -2.47. The van der Waals surface area contributed by atoms with Gasteiger partial charge in [0.2, 0.25) is 0 Å². The molecule has 24 heavy (non-hydrogen) atoms. The minimum absolute atomic E-state index is 0. The van der Waals surface area contributed by atoms with Crippen LogP contribution in [0.2, 0.25) is 0 Å². The Morgan fingerprint density at radius 3 is 2.29 bits per heavy atom. The molecule has 1 fully saturated rings. The molecule has 0 atom stereocenters. The molecule has 0 spiro atoms. The number of amides is 1. The van der Waals surface area contributed by atoms with E-state index >= 15 is 0 Å². The molecule has 1 aliphatic rings. The first-order valence-electron chi connectivity index (χ1n) is 8.74. The highest BCUT2D eigenvalue weighted by Crippen LogP contribution is 2.20. The van der Waals surface area contributed by atoms with E-state index in [9.17, 15) is 4.79 Å². The predicted octanol–water partition coefficient (Wildman–Crippen LogP) is 3.17. The van der Waals surface area contributed by atoms with Crippen molar-refractivity contribution in [3.63, 3.8) is 0 Å². The van der Waals surface area contributed by atoms with Crippen molar-refractivity contribution in [2.75, 3.05) is 39.8 Å². The van der Waals surface area contributed by atoms with Gasteiger partial charge in [0, 0.05) is 39.8 Å². The van der Waals surface area contributed by atoms with Crippen molar-refractivity contribution >= 4 is 36.0 Å². The summed E-state index contributed by atoms with van der Waals surface area (Å²) in [4.78, 5) is 20.7. The van der Waals surface area contributed by atoms with E-state index in [-0.39, 0.29) is 30.1 Å². The van der Waals surface area contributed by atoms with Crippen molar-refractivity contribution < 1.29 is 9.53 Å². The molecule has 1 aliphatic heterocycles. The zero-order chi connectivity index (χ0) is 17.5. The molecule has 1 rings (SSSR count). The molecule has 0 aromatic rings. The molecule has 0 unspecified atom stereocenters. The van der Waals surface area contributed by atoms with Crippen LogP contribution in [0.1, 0.15) is 47.5 Å². The van der Waals surface area contributed by atoms with E-state index in [1.54, 1.807) is 0 Å². The number of guanidine groups is 1. The summed E-state index contributed by atoms with van der Waals surface area (Å²) in [6.07, 6.45) is 1.94. The molecule has 1 saturated heterocycles. The van der Waals surface area contributed by atoms with E-state index in [4.69, 9.17) is 4.74 Å². The number of carbonyl (C=O) groups is 1. The number of halogens is 1. The Hall–Kier alpha value is -0.730. The van der Waals surface area contributed by atoms with Crippen molar-refractivity contribution in [1.82, 2.24) is 15.1 Å². The van der Waals surface area contributed by atoms with Crippen LogP contribution in [0.4, 0.5) is 4.79 Å². The molecule has 1 amide bonds. The van der Waals surface area contributed by atoms with Gasteiger partial charge in [0.1, 0.15) is 5.60 Å². The van der Waals surface area contributed by atoms with Gasteiger partial charge < -0.3 is 19.9 Å². The van der Waals surface area contributed by atoms with Gasteiger partial charge in [0.15, 0.2) is 5.96 Å². The summed E-state index contributed by atoms with van der Waals surface area (Å²) < 4.78 is 5.49. The maximum atomic E-state index is 12.2. The van der Waals surface area contributed by atoms with Crippen LogP contribution in [0.15, 0.2) is 4.99 Å². The average molecular weight is 454 g/mol. The van der Waals surface area contributed by atoms with Gasteiger partial charge in [-0.3, -0.25) is 4.99 Å². The standard InChI is InChI=1S/C17H34N4O2.HI/c1-7-19-15(18-6)21-11-9-14(10-12-21)13-20(8-2)16(22)23-17(3,4)5;/h14H,7-13H2,1-6H3,(H,18,19);1H. The predicted molar refractivity (Wildman–Crippen MR) is 110 cm³/mol. The number of hydrogen-bond donors (Lipinski definition) is 1. The van der Waals surface area contributed by atoms with E-state index in [0.717, 1.165) is 45.0 Å². The summed E-state index contributed by atoms with van der Waals surface area (Å²) in [5.41, 5.74) is -0.438. The third-order valence-corrected chi connectivity index (χ3v) is 3.97. The summed E-state index contributed by atoms with van der Waals surface area (Å²) in [5.74, 6) is 1.50. The van der Waals surface area contributed by atoms with Gasteiger partial charge >= 0.3 is 6.09 Å². The normalized spacial score (nSPS) is 16.4. The topological polar surface area (TPSA) is 57.2 Å². The Morgan fingerprint density at radius 2 is 1.88 bits per heavy atom. The average Bonchev–Trinajstić information content (AvgIpc) is 2.49. The van der Waals surface area contributed by atoms with Crippen LogP contribution in [-0.4, -0.2) is 67.2 Å². The number of carbonyl (C=O) groups excluding carboxylic acids is 1. The molecule has 7 heteroatoms. The molecule has 0 radical (unpaired) electrons. The molecule has 0 aliphatic carbocycles. The number of nitrogens with zero attached hydrogens (tertiary/aromatic N) is 3. The number of hydrogen-bond acceptors (Lipinski definition) is 3. The molecule has 6 nitrogen and oxygen atoms in total. The molecular formula is C17H35IN4O2. The molecule has 1 N–H and O–H groups in total. The van der Waals surface area contributed by atoms with E-state index < -0.39 is 5.60 Å². The van der Waals surface area contributed by atoms with E-state index in [1.165, 1.54) is 0 Å². The van der Waals surface area contributed by atoms with Gasteiger partial charge in [-0.25, -0.2) is 4.79 Å². The fraction of sp³-hybridized carbons (Fsp3) is 0.882. The van der Waals surface area contributed by atoms with Crippen molar-refractivity contribution in [3.05, 3.63) is 0 Å². The monoisotopic (exact) mass is 454 g/mol. The lowest BCUT2D eigenvalue weighted by atomic mass is 9.96. The third-order valence-electron chi connectivity index (χ3n) is 3.97.